The minimum absolute atomic E-state index is 0.363. The fraction of sp³-hybridized carbons (Fsp3) is 0.381. The molecule has 1 aromatic carbocycles. The second-order valence-electron chi connectivity index (χ2n) is 7.58. The zero-order valence-electron chi connectivity index (χ0n) is 19.1. The van der Waals surface area contributed by atoms with E-state index >= 15 is 0 Å². The number of carboxylic acids is 5. The number of hydrogen-bond acceptors (Lipinski definition) is 10. The maximum Gasteiger partial charge on any atom is 0.317 e. The van der Waals surface area contributed by atoms with Crippen LogP contribution in [0.25, 0.3) is 0 Å². The normalized spacial score (nSPS) is 11.3. The van der Waals surface area contributed by atoms with Crippen LogP contribution >= 0.6 is 12.2 Å². The SMILES string of the molecule is CN(CC(=O)O)C(Cc1cccc([CH]N=C=S)c1)(N(CC(=O)O)CC(=O)O)N(CC(=O)O)CC(=O)O. The maximum atomic E-state index is 11.7. The van der Waals surface area contributed by atoms with E-state index in [9.17, 15) is 49.5 Å². The zero-order chi connectivity index (χ0) is 27.5. The summed E-state index contributed by atoms with van der Waals surface area (Å²) in [5.74, 6) is -9.58. The molecule has 0 fully saturated rings. The number of benzene rings is 1. The molecule has 15 heteroatoms. The van der Waals surface area contributed by atoms with E-state index < -0.39 is 68.4 Å². The van der Waals surface area contributed by atoms with E-state index in [1.165, 1.54) is 13.6 Å². The van der Waals surface area contributed by atoms with Gasteiger partial charge in [-0.05, 0) is 30.4 Å². The molecule has 1 radical (unpaired) electrons. The highest BCUT2D eigenvalue weighted by molar-refractivity contribution is 7.78. The third-order valence-electron chi connectivity index (χ3n) is 4.96. The summed E-state index contributed by atoms with van der Waals surface area (Å²) >= 11 is 4.53. The number of carboxylic acid groups (broad SMARTS) is 5. The van der Waals surface area contributed by atoms with Crippen molar-refractivity contribution < 1.29 is 49.5 Å². The summed E-state index contributed by atoms with van der Waals surface area (Å²) in [5.41, 5.74) is 0.854. The van der Waals surface area contributed by atoms with E-state index in [-0.39, 0.29) is 6.42 Å². The van der Waals surface area contributed by atoms with Crippen molar-refractivity contribution >= 4 is 47.2 Å². The predicted octanol–water partition coefficient (Wildman–Crippen LogP) is -0.546. The third-order valence-corrected chi connectivity index (χ3v) is 5.07. The summed E-state index contributed by atoms with van der Waals surface area (Å²) in [7, 11) is 1.20. The molecule has 36 heavy (non-hydrogen) atoms. The van der Waals surface area contributed by atoms with Crippen LogP contribution in [0.2, 0.25) is 0 Å². The lowest BCUT2D eigenvalue weighted by molar-refractivity contribution is -0.189. The molecule has 0 heterocycles. The van der Waals surface area contributed by atoms with Crippen LogP contribution in [0, 0.1) is 6.54 Å². The van der Waals surface area contributed by atoms with E-state index in [0.717, 1.165) is 14.7 Å². The van der Waals surface area contributed by atoms with E-state index in [1.54, 1.807) is 24.3 Å². The Morgan fingerprint density at radius 2 is 1.31 bits per heavy atom. The molecule has 1 rings (SSSR count). The molecular weight excluding hydrogens is 500 g/mol. The lowest BCUT2D eigenvalue weighted by Crippen LogP contribution is -2.73. The summed E-state index contributed by atoms with van der Waals surface area (Å²) < 4.78 is 0. The summed E-state index contributed by atoms with van der Waals surface area (Å²) in [4.78, 5) is 64.9. The Balaban J connectivity index is 3.96. The van der Waals surface area contributed by atoms with Gasteiger partial charge in [0.05, 0.1) is 37.9 Å². The van der Waals surface area contributed by atoms with Crippen molar-refractivity contribution in [2.75, 3.05) is 39.8 Å². The van der Waals surface area contributed by atoms with Gasteiger partial charge in [0.1, 0.15) is 12.3 Å². The van der Waals surface area contributed by atoms with Crippen LogP contribution in [0.3, 0.4) is 0 Å². The van der Waals surface area contributed by atoms with Crippen molar-refractivity contribution in [3.05, 3.63) is 41.9 Å². The standard InChI is InChI=1S/C21H25N4O10S/c1-23(8-16(26)27)21(24(9-17(28)29)10-18(30)31,25(11-19(32)33)12-20(34)35)6-14-3-2-4-15(5-14)7-22-13-36/h2-5,7H,6,8-12H2,1H3,(H,26,27)(H,28,29)(H,30,31)(H,32,33)(H,34,35). The van der Waals surface area contributed by atoms with Crippen LogP contribution in [0.4, 0.5) is 0 Å². The van der Waals surface area contributed by atoms with Crippen LogP contribution < -0.4 is 0 Å². The van der Waals surface area contributed by atoms with Crippen LogP contribution in [0.1, 0.15) is 11.1 Å². The molecule has 0 spiro atoms. The predicted molar refractivity (Wildman–Crippen MR) is 125 cm³/mol. The maximum absolute atomic E-state index is 11.7. The van der Waals surface area contributed by atoms with Crippen LogP contribution in [0.15, 0.2) is 29.3 Å². The lowest BCUT2D eigenvalue weighted by Gasteiger charge is -2.53. The Hall–Kier alpha value is -3.75. The van der Waals surface area contributed by atoms with Crippen LogP contribution in [0.5, 0.6) is 0 Å². The summed E-state index contributed by atoms with van der Waals surface area (Å²) in [6.45, 7) is -3.38. The summed E-state index contributed by atoms with van der Waals surface area (Å²) in [6.07, 6.45) is -0.388. The summed E-state index contributed by atoms with van der Waals surface area (Å²) in [6, 6.07) is 6.28. The number of hydrogen-bond donors (Lipinski definition) is 5. The van der Waals surface area contributed by atoms with Crippen molar-refractivity contribution in [3.63, 3.8) is 0 Å². The van der Waals surface area contributed by atoms with Gasteiger partial charge in [-0.25, -0.2) is 4.99 Å². The second kappa shape index (κ2) is 14.0. The Morgan fingerprint density at radius 3 is 1.69 bits per heavy atom. The Bertz CT molecular complexity index is 975. The number of carbonyl (C=O) groups is 5. The molecule has 0 aromatic heterocycles. The first kappa shape index (κ1) is 30.3. The highest BCUT2D eigenvalue weighted by atomic mass is 32.1. The number of likely N-dealkylation sites (N-methyl/N-ethyl adjacent to an activating group) is 1. The van der Waals surface area contributed by atoms with E-state index in [2.05, 4.69) is 22.4 Å². The first-order valence-corrected chi connectivity index (χ1v) is 10.5. The molecule has 0 saturated heterocycles. The molecule has 0 atom stereocenters. The third kappa shape index (κ3) is 9.13. The number of rotatable bonds is 17. The van der Waals surface area contributed by atoms with Gasteiger partial charge in [0, 0.05) is 6.42 Å². The molecule has 0 aliphatic rings. The molecule has 14 nitrogen and oxygen atoms in total. The van der Waals surface area contributed by atoms with Crippen molar-refractivity contribution in [2.24, 2.45) is 4.99 Å². The molecule has 0 unspecified atom stereocenters. The van der Waals surface area contributed by atoms with Gasteiger partial charge in [-0.15, -0.1) is 0 Å². The van der Waals surface area contributed by atoms with Gasteiger partial charge in [-0.1, -0.05) is 24.3 Å². The van der Waals surface area contributed by atoms with Gasteiger partial charge in [0.25, 0.3) is 0 Å². The Labute approximate surface area is 210 Å². The van der Waals surface area contributed by atoms with Gasteiger partial charge >= 0.3 is 29.8 Å². The van der Waals surface area contributed by atoms with Crippen LogP contribution in [-0.2, 0) is 30.4 Å². The fourth-order valence-corrected chi connectivity index (χ4v) is 3.85. The van der Waals surface area contributed by atoms with E-state index in [0.29, 0.717) is 11.1 Å². The largest absolute Gasteiger partial charge is 0.480 e. The monoisotopic (exact) mass is 525 g/mol. The minimum Gasteiger partial charge on any atom is -0.480 e. The van der Waals surface area contributed by atoms with E-state index in [1.807, 2.05) is 0 Å². The minimum atomic E-state index is -2.14. The van der Waals surface area contributed by atoms with Gasteiger partial charge in [-0.3, -0.25) is 38.7 Å². The first-order chi connectivity index (χ1) is 16.8. The van der Waals surface area contributed by atoms with Gasteiger partial charge in [0.15, 0.2) is 0 Å². The molecule has 0 saturated carbocycles. The molecule has 195 valence electrons. The smallest absolute Gasteiger partial charge is 0.317 e. The van der Waals surface area contributed by atoms with Crippen molar-refractivity contribution in [2.45, 2.75) is 12.2 Å². The molecule has 5 N–H and O–H groups in total. The Kier molecular flexibility index (Phi) is 11.7. The Morgan fingerprint density at radius 1 is 0.861 bits per heavy atom. The number of aliphatic imine (C=N–C) groups is 1. The quantitative estimate of drug-likeness (QED) is 0.0982. The van der Waals surface area contributed by atoms with Crippen LogP contribution in [-0.4, -0.2) is 121 Å². The average Bonchev–Trinajstić information content (AvgIpc) is 2.73. The number of aliphatic carboxylic acids is 5. The van der Waals surface area contributed by atoms with Crippen molar-refractivity contribution in [1.82, 2.24) is 14.7 Å². The molecule has 0 aliphatic heterocycles. The first-order valence-electron chi connectivity index (χ1n) is 10.1. The lowest BCUT2D eigenvalue weighted by atomic mass is 9.99. The van der Waals surface area contributed by atoms with Crippen molar-refractivity contribution in [3.8, 4) is 0 Å². The van der Waals surface area contributed by atoms with Gasteiger partial charge in [-0.2, -0.15) is 0 Å². The topological polar surface area (TPSA) is 209 Å². The fourth-order valence-electron chi connectivity index (χ4n) is 3.80. The van der Waals surface area contributed by atoms with Crippen molar-refractivity contribution in [1.29, 1.82) is 0 Å². The van der Waals surface area contributed by atoms with E-state index in [4.69, 9.17) is 0 Å². The van der Waals surface area contributed by atoms with Gasteiger partial charge in [0.2, 0.25) is 0 Å². The average molecular weight is 526 g/mol. The summed E-state index contributed by atoms with van der Waals surface area (Å²) in [5, 5.41) is 49.7. The molecule has 1 aromatic rings. The highest BCUT2D eigenvalue weighted by Gasteiger charge is 2.49. The number of isothiocyanates is 1. The molecule has 0 aliphatic carbocycles. The molecular formula is C21H25N4O10S. The molecule has 0 amide bonds. The van der Waals surface area contributed by atoms with Gasteiger partial charge < -0.3 is 25.5 Å². The second-order valence-corrected chi connectivity index (χ2v) is 7.77. The number of thiocarbonyl (C=S) groups is 1. The molecule has 0 bridgehead atoms. The zero-order valence-corrected chi connectivity index (χ0v) is 19.9. The highest BCUT2D eigenvalue weighted by Crippen LogP contribution is 2.30. The number of nitrogens with zero attached hydrogens (tertiary/aromatic N) is 4.